The number of rotatable bonds is 9. The summed E-state index contributed by atoms with van der Waals surface area (Å²) in [5.74, 6) is 1.45. The Kier molecular flexibility index (Phi) is 7.93. The van der Waals surface area contributed by atoms with E-state index < -0.39 is 0 Å². The topological polar surface area (TPSA) is 92.8 Å². The quantitative estimate of drug-likeness (QED) is 0.292. The van der Waals surface area contributed by atoms with Gasteiger partial charge in [-0.05, 0) is 75.3 Å². The standard InChI is InChI=1S/C26H29N5O2S2/c1-5-10-31-24(18(4)33-19-12-16(2)11-17(3)13-19)29-30-26(31)34-15-23(32)28-25-21(14-27)20-8-6-7-9-22(20)35-25/h5,11-13,18H,1,6-10,15H2,2-4H3,(H,28,32). The first-order chi connectivity index (χ1) is 16.9. The molecule has 2 heterocycles. The molecule has 1 unspecified atom stereocenters. The second-order valence-corrected chi connectivity index (χ2v) is 10.7. The van der Waals surface area contributed by atoms with E-state index >= 15 is 0 Å². The molecule has 7 nitrogen and oxygen atoms in total. The SMILES string of the molecule is C=CCn1c(SCC(=O)Nc2sc3c(c2C#N)CCCC3)nnc1C(C)Oc1cc(C)cc(C)c1. The number of nitrogens with one attached hydrogen (secondary N) is 1. The first-order valence-electron chi connectivity index (χ1n) is 11.7. The van der Waals surface area contributed by atoms with Crippen molar-refractivity contribution in [1.29, 1.82) is 5.26 Å². The fraction of sp³-hybridized carbons (Fsp3) is 0.385. The maximum Gasteiger partial charge on any atom is 0.235 e. The van der Waals surface area contributed by atoms with E-state index in [4.69, 9.17) is 4.74 Å². The number of amides is 1. The first-order valence-corrected chi connectivity index (χ1v) is 13.5. The van der Waals surface area contributed by atoms with E-state index in [0.29, 0.717) is 28.1 Å². The molecule has 4 rings (SSSR count). The van der Waals surface area contributed by atoms with Gasteiger partial charge < -0.3 is 10.1 Å². The number of ether oxygens (including phenoxy) is 1. The van der Waals surface area contributed by atoms with Gasteiger partial charge in [0.25, 0.3) is 0 Å². The molecule has 2 aromatic heterocycles. The van der Waals surface area contributed by atoms with Crippen LogP contribution in [0.2, 0.25) is 0 Å². The maximum atomic E-state index is 12.7. The number of aromatic nitrogens is 3. The number of carbonyl (C=O) groups is 1. The normalized spacial score (nSPS) is 13.5. The molecule has 0 aliphatic heterocycles. The van der Waals surface area contributed by atoms with Crippen LogP contribution in [-0.4, -0.2) is 26.4 Å². The molecule has 9 heteroatoms. The molecule has 1 aliphatic rings. The van der Waals surface area contributed by atoms with Crippen molar-refractivity contribution in [3.63, 3.8) is 0 Å². The van der Waals surface area contributed by atoms with Crippen LogP contribution < -0.4 is 10.1 Å². The fourth-order valence-electron chi connectivity index (χ4n) is 4.33. The van der Waals surface area contributed by atoms with Gasteiger partial charge in [-0.25, -0.2) is 0 Å². The third-order valence-electron chi connectivity index (χ3n) is 5.80. The summed E-state index contributed by atoms with van der Waals surface area (Å²) in [5.41, 5.74) is 4.00. The fourth-order valence-corrected chi connectivity index (χ4v) is 6.34. The minimum atomic E-state index is -0.331. The van der Waals surface area contributed by atoms with Crippen LogP contribution in [0.15, 0.2) is 36.0 Å². The van der Waals surface area contributed by atoms with Gasteiger partial charge >= 0.3 is 0 Å². The van der Waals surface area contributed by atoms with Gasteiger partial charge in [0.1, 0.15) is 16.8 Å². The van der Waals surface area contributed by atoms with Gasteiger partial charge in [0.15, 0.2) is 17.1 Å². The summed E-state index contributed by atoms with van der Waals surface area (Å²) in [5, 5.41) is 22.5. The van der Waals surface area contributed by atoms with Crippen molar-refractivity contribution in [2.24, 2.45) is 0 Å². The number of hydrogen-bond acceptors (Lipinski definition) is 7. The number of carbonyl (C=O) groups excluding carboxylic acids is 1. The Morgan fingerprint density at radius 1 is 1.31 bits per heavy atom. The predicted octanol–water partition coefficient (Wildman–Crippen LogP) is 5.76. The minimum absolute atomic E-state index is 0.162. The summed E-state index contributed by atoms with van der Waals surface area (Å²) in [4.78, 5) is 14.0. The summed E-state index contributed by atoms with van der Waals surface area (Å²) >= 11 is 2.84. The van der Waals surface area contributed by atoms with E-state index in [0.717, 1.165) is 48.1 Å². The summed E-state index contributed by atoms with van der Waals surface area (Å²) in [6.07, 6.45) is 5.56. The lowest BCUT2D eigenvalue weighted by molar-refractivity contribution is -0.113. The van der Waals surface area contributed by atoms with Gasteiger partial charge in [0.05, 0.1) is 11.3 Å². The van der Waals surface area contributed by atoms with Crippen LogP contribution in [0.3, 0.4) is 0 Å². The highest BCUT2D eigenvalue weighted by molar-refractivity contribution is 7.99. The molecule has 1 aromatic carbocycles. The molecule has 0 spiro atoms. The lowest BCUT2D eigenvalue weighted by Crippen LogP contribution is -2.15. The van der Waals surface area contributed by atoms with Gasteiger partial charge in [-0.15, -0.1) is 28.1 Å². The van der Waals surface area contributed by atoms with Crippen molar-refractivity contribution < 1.29 is 9.53 Å². The Morgan fingerprint density at radius 2 is 2.06 bits per heavy atom. The Hall–Kier alpha value is -3.09. The smallest absolute Gasteiger partial charge is 0.235 e. The molecular weight excluding hydrogens is 478 g/mol. The molecule has 182 valence electrons. The van der Waals surface area contributed by atoms with Crippen LogP contribution in [0.4, 0.5) is 5.00 Å². The largest absolute Gasteiger partial charge is 0.483 e. The molecule has 1 atom stereocenters. The van der Waals surface area contributed by atoms with Crippen LogP contribution >= 0.6 is 23.1 Å². The highest BCUT2D eigenvalue weighted by Gasteiger charge is 2.23. The predicted molar refractivity (Wildman–Crippen MR) is 140 cm³/mol. The zero-order valence-electron chi connectivity index (χ0n) is 20.3. The molecular formula is C26H29N5O2S2. The summed E-state index contributed by atoms with van der Waals surface area (Å²) in [6, 6.07) is 8.38. The number of aryl methyl sites for hydroxylation is 3. The molecule has 1 amide bonds. The van der Waals surface area contributed by atoms with Crippen molar-refractivity contribution in [3.8, 4) is 11.8 Å². The number of thiophene rings is 1. The molecule has 35 heavy (non-hydrogen) atoms. The minimum Gasteiger partial charge on any atom is -0.483 e. The van der Waals surface area contributed by atoms with E-state index in [1.165, 1.54) is 28.0 Å². The Balaban J connectivity index is 1.44. The van der Waals surface area contributed by atoms with Crippen LogP contribution in [0.1, 0.15) is 58.8 Å². The van der Waals surface area contributed by atoms with Crippen LogP contribution in [0.5, 0.6) is 5.75 Å². The highest BCUT2D eigenvalue weighted by Crippen LogP contribution is 2.37. The molecule has 1 aliphatic carbocycles. The Bertz CT molecular complexity index is 1270. The second-order valence-electron chi connectivity index (χ2n) is 8.69. The molecule has 0 saturated carbocycles. The Labute approximate surface area is 214 Å². The maximum absolute atomic E-state index is 12.7. The number of allylic oxidation sites excluding steroid dienone is 1. The number of hydrogen-bond donors (Lipinski definition) is 1. The summed E-state index contributed by atoms with van der Waals surface area (Å²) in [6.45, 7) is 10.4. The number of nitrogens with zero attached hydrogens (tertiary/aromatic N) is 4. The molecule has 3 aromatic rings. The van der Waals surface area contributed by atoms with E-state index in [1.54, 1.807) is 6.08 Å². The van der Waals surface area contributed by atoms with Crippen LogP contribution in [-0.2, 0) is 24.2 Å². The van der Waals surface area contributed by atoms with Gasteiger partial charge in [-0.3, -0.25) is 9.36 Å². The monoisotopic (exact) mass is 507 g/mol. The number of benzene rings is 1. The van der Waals surface area contributed by atoms with E-state index in [2.05, 4.69) is 34.2 Å². The number of nitriles is 1. The van der Waals surface area contributed by atoms with Crippen molar-refractivity contribution in [3.05, 3.63) is 63.8 Å². The van der Waals surface area contributed by atoms with Crippen molar-refractivity contribution in [2.75, 3.05) is 11.1 Å². The van der Waals surface area contributed by atoms with Crippen LogP contribution in [0.25, 0.3) is 0 Å². The third-order valence-corrected chi connectivity index (χ3v) is 7.97. The van der Waals surface area contributed by atoms with Gasteiger partial charge in [-0.2, -0.15) is 5.26 Å². The Morgan fingerprint density at radius 3 is 2.77 bits per heavy atom. The molecule has 0 saturated heterocycles. The zero-order valence-corrected chi connectivity index (χ0v) is 21.9. The third kappa shape index (κ3) is 5.77. The van der Waals surface area contributed by atoms with Gasteiger partial charge in [0, 0.05) is 11.4 Å². The molecule has 0 bridgehead atoms. The van der Waals surface area contributed by atoms with Crippen LogP contribution in [0, 0.1) is 25.2 Å². The molecule has 1 N–H and O–H groups in total. The van der Waals surface area contributed by atoms with Crippen molar-refractivity contribution >= 4 is 34.0 Å². The van der Waals surface area contributed by atoms with Crippen molar-refractivity contribution in [1.82, 2.24) is 14.8 Å². The lowest BCUT2D eigenvalue weighted by atomic mass is 9.96. The lowest BCUT2D eigenvalue weighted by Gasteiger charge is -2.16. The average molecular weight is 508 g/mol. The number of thioether (sulfide) groups is 1. The highest BCUT2D eigenvalue weighted by atomic mass is 32.2. The zero-order chi connectivity index (χ0) is 24.9. The van der Waals surface area contributed by atoms with E-state index in [9.17, 15) is 10.1 Å². The van der Waals surface area contributed by atoms with E-state index in [-0.39, 0.29) is 17.8 Å². The van der Waals surface area contributed by atoms with Gasteiger partial charge in [0.2, 0.25) is 5.91 Å². The first kappa shape index (κ1) is 25.0. The number of fused-ring (bicyclic) bond motifs is 1. The average Bonchev–Trinajstić information content (AvgIpc) is 3.37. The summed E-state index contributed by atoms with van der Waals surface area (Å²) < 4.78 is 8.08. The van der Waals surface area contributed by atoms with Gasteiger partial charge in [-0.1, -0.05) is 23.9 Å². The molecule has 0 fully saturated rings. The summed E-state index contributed by atoms with van der Waals surface area (Å²) in [7, 11) is 0. The van der Waals surface area contributed by atoms with Crippen molar-refractivity contribution in [2.45, 2.75) is 64.3 Å². The van der Waals surface area contributed by atoms with E-state index in [1.807, 2.05) is 37.5 Å². The second kappa shape index (κ2) is 11.1. The number of anilines is 1. The molecule has 0 radical (unpaired) electrons.